The Morgan fingerprint density at radius 1 is 0.778 bits per heavy atom. The highest BCUT2D eigenvalue weighted by Crippen LogP contribution is 2.32. The summed E-state index contributed by atoms with van der Waals surface area (Å²) in [7, 11) is -3.79. The molecule has 0 radical (unpaired) electrons. The Morgan fingerprint density at radius 2 is 1.42 bits per heavy atom. The molecule has 0 atom stereocenters. The molecule has 1 heterocycles. The SMILES string of the molecule is O=C(NCc1ccc2c(c1)OCO2)c1ccc(CN(c2ccccc2)S(=O)(=O)c2ccccc2)cc1. The number of sulfonamides is 1. The molecule has 0 aromatic heterocycles. The minimum absolute atomic E-state index is 0.125. The van der Waals surface area contributed by atoms with Crippen LogP contribution in [0.4, 0.5) is 5.69 Å². The topological polar surface area (TPSA) is 84.9 Å². The van der Waals surface area contributed by atoms with E-state index in [0.717, 1.165) is 11.1 Å². The summed E-state index contributed by atoms with van der Waals surface area (Å²) >= 11 is 0. The molecular weight excluding hydrogens is 476 g/mol. The van der Waals surface area contributed by atoms with Crippen LogP contribution in [0, 0.1) is 0 Å². The molecule has 182 valence electrons. The standard InChI is InChI=1S/C28H24N2O5S/c31-28(29-18-22-13-16-26-27(17-22)35-20-34-26)23-14-11-21(12-15-23)19-30(24-7-3-1-4-8-24)36(32,33)25-9-5-2-6-10-25/h1-17H,18-20H2,(H,29,31). The summed E-state index contributed by atoms with van der Waals surface area (Å²) in [5.41, 5.74) is 2.70. The fraction of sp³-hybridized carbons (Fsp3) is 0.107. The Hall–Kier alpha value is -4.30. The van der Waals surface area contributed by atoms with Crippen LogP contribution in [-0.2, 0) is 23.1 Å². The maximum Gasteiger partial charge on any atom is 0.264 e. The van der Waals surface area contributed by atoms with Gasteiger partial charge in [0.15, 0.2) is 11.5 Å². The predicted molar refractivity (Wildman–Crippen MR) is 136 cm³/mol. The fourth-order valence-electron chi connectivity index (χ4n) is 3.89. The molecule has 1 aliphatic rings. The molecule has 4 aromatic rings. The van der Waals surface area contributed by atoms with Crippen LogP contribution in [0.3, 0.4) is 0 Å². The van der Waals surface area contributed by atoms with Crippen LogP contribution in [-0.4, -0.2) is 21.1 Å². The molecule has 0 spiro atoms. The summed E-state index contributed by atoms with van der Waals surface area (Å²) in [5.74, 6) is 1.13. The Balaban J connectivity index is 1.30. The number of ether oxygens (including phenoxy) is 2. The van der Waals surface area contributed by atoms with Crippen LogP contribution in [0.15, 0.2) is 108 Å². The second-order valence-electron chi connectivity index (χ2n) is 8.23. The van der Waals surface area contributed by atoms with Crippen LogP contribution in [0.1, 0.15) is 21.5 Å². The highest BCUT2D eigenvalue weighted by molar-refractivity contribution is 7.92. The van der Waals surface area contributed by atoms with Crippen molar-refractivity contribution < 1.29 is 22.7 Å². The monoisotopic (exact) mass is 500 g/mol. The molecule has 36 heavy (non-hydrogen) atoms. The summed E-state index contributed by atoms with van der Waals surface area (Å²) < 4.78 is 39.0. The second-order valence-corrected chi connectivity index (χ2v) is 10.1. The van der Waals surface area contributed by atoms with E-state index in [1.165, 1.54) is 4.31 Å². The largest absolute Gasteiger partial charge is 0.454 e. The highest BCUT2D eigenvalue weighted by Gasteiger charge is 2.25. The number of para-hydroxylation sites is 1. The number of fused-ring (bicyclic) bond motifs is 1. The summed E-state index contributed by atoms with van der Waals surface area (Å²) in [6, 6.07) is 29.8. The van der Waals surface area contributed by atoms with Gasteiger partial charge in [0, 0.05) is 12.1 Å². The lowest BCUT2D eigenvalue weighted by Crippen LogP contribution is -2.30. The number of hydrogen-bond donors (Lipinski definition) is 1. The first-order chi connectivity index (χ1) is 17.5. The van der Waals surface area contributed by atoms with Crippen LogP contribution in [0.5, 0.6) is 11.5 Å². The number of hydrogen-bond acceptors (Lipinski definition) is 5. The van der Waals surface area contributed by atoms with Gasteiger partial charge >= 0.3 is 0 Å². The van der Waals surface area contributed by atoms with Gasteiger partial charge < -0.3 is 14.8 Å². The van der Waals surface area contributed by atoms with Gasteiger partial charge in [-0.2, -0.15) is 0 Å². The van der Waals surface area contributed by atoms with E-state index in [-0.39, 0.29) is 24.1 Å². The zero-order chi connectivity index (χ0) is 25.0. The highest BCUT2D eigenvalue weighted by atomic mass is 32.2. The van der Waals surface area contributed by atoms with Crippen molar-refractivity contribution in [1.82, 2.24) is 5.32 Å². The lowest BCUT2D eigenvalue weighted by Gasteiger charge is -2.25. The third-order valence-corrected chi connectivity index (χ3v) is 7.60. The predicted octanol–water partition coefficient (Wildman–Crippen LogP) is 4.74. The van der Waals surface area contributed by atoms with Gasteiger partial charge in [0.05, 0.1) is 17.1 Å². The molecule has 0 aliphatic carbocycles. The molecule has 0 saturated heterocycles. The molecule has 5 rings (SSSR count). The number of anilines is 1. The Labute approximate surface area is 210 Å². The van der Waals surface area contributed by atoms with Crippen molar-refractivity contribution in [2.75, 3.05) is 11.1 Å². The summed E-state index contributed by atoms with van der Waals surface area (Å²) in [6.45, 7) is 0.667. The van der Waals surface area contributed by atoms with E-state index in [9.17, 15) is 13.2 Å². The minimum Gasteiger partial charge on any atom is -0.454 e. The van der Waals surface area contributed by atoms with Crippen molar-refractivity contribution >= 4 is 21.6 Å². The molecule has 1 amide bonds. The Morgan fingerprint density at radius 3 is 2.14 bits per heavy atom. The van der Waals surface area contributed by atoms with Gasteiger partial charge in [-0.1, -0.05) is 54.6 Å². The molecule has 8 heteroatoms. The molecular formula is C28H24N2O5S. The molecule has 0 bridgehead atoms. The van der Waals surface area contributed by atoms with Crippen LogP contribution in [0.25, 0.3) is 0 Å². The zero-order valence-electron chi connectivity index (χ0n) is 19.3. The number of amides is 1. The van der Waals surface area contributed by atoms with Gasteiger partial charge in [-0.25, -0.2) is 8.42 Å². The fourth-order valence-corrected chi connectivity index (χ4v) is 5.37. The van der Waals surface area contributed by atoms with Gasteiger partial charge in [-0.3, -0.25) is 9.10 Å². The number of nitrogens with zero attached hydrogens (tertiary/aromatic N) is 1. The maximum absolute atomic E-state index is 13.4. The van der Waals surface area contributed by atoms with Crippen molar-refractivity contribution in [3.05, 3.63) is 120 Å². The second kappa shape index (κ2) is 10.1. The molecule has 1 N–H and O–H groups in total. The van der Waals surface area contributed by atoms with Crippen molar-refractivity contribution in [1.29, 1.82) is 0 Å². The van der Waals surface area contributed by atoms with E-state index < -0.39 is 10.0 Å². The molecule has 0 saturated carbocycles. The molecule has 1 aliphatic heterocycles. The maximum atomic E-state index is 13.4. The number of benzene rings is 4. The summed E-state index contributed by atoms with van der Waals surface area (Å²) in [4.78, 5) is 12.9. The number of carbonyl (C=O) groups excluding carboxylic acids is 1. The Bertz CT molecular complexity index is 1460. The number of carbonyl (C=O) groups is 1. The van der Waals surface area contributed by atoms with Gasteiger partial charge in [0.1, 0.15) is 0 Å². The Kier molecular flexibility index (Phi) is 6.60. The lowest BCUT2D eigenvalue weighted by molar-refractivity contribution is 0.0951. The van der Waals surface area contributed by atoms with Crippen LogP contribution in [0.2, 0.25) is 0 Å². The van der Waals surface area contributed by atoms with E-state index in [4.69, 9.17) is 9.47 Å². The third-order valence-electron chi connectivity index (χ3n) is 5.81. The number of rotatable bonds is 8. The van der Waals surface area contributed by atoms with Gasteiger partial charge in [-0.15, -0.1) is 0 Å². The zero-order valence-corrected chi connectivity index (χ0v) is 20.1. The molecule has 7 nitrogen and oxygen atoms in total. The van der Waals surface area contributed by atoms with Crippen molar-refractivity contribution in [3.8, 4) is 11.5 Å². The van der Waals surface area contributed by atoms with E-state index in [1.807, 2.05) is 24.3 Å². The van der Waals surface area contributed by atoms with Gasteiger partial charge in [0.25, 0.3) is 15.9 Å². The van der Waals surface area contributed by atoms with E-state index in [1.54, 1.807) is 78.9 Å². The van der Waals surface area contributed by atoms with Gasteiger partial charge in [0.2, 0.25) is 6.79 Å². The quantitative estimate of drug-likeness (QED) is 0.378. The average molecular weight is 501 g/mol. The van der Waals surface area contributed by atoms with Gasteiger partial charge in [-0.05, 0) is 59.7 Å². The third kappa shape index (κ3) is 5.04. The first kappa shape index (κ1) is 23.4. The lowest BCUT2D eigenvalue weighted by atomic mass is 10.1. The molecule has 0 fully saturated rings. The molecule has 4 aromatic carbocycles. The summed E-state index contributed by atoms with van der Waals surface area (Å²) in [5, 5.41) is 2.90. The first-order valence-electron chi connectivity index (χ1n) is 11.4. The molecule has 0 unspecified atom stereocenters. The van der Waals surface area contributed by atoms with Crippen molar-refractivity contribution in [2.24, 2.45) is 0 Å². The smallest absolute Gasteiger partial charge is 0.264 e. The normalized spacial score (nSPS) is 12.2. The van der Waals surface area contributed by atoms with E-state index in [2.05, 4.69) is 5.32 Å². The van der Waals surface area contributed by atoms with E-state index in [0.29, 0.717) is 29.3 Å². The van der Waals surface area contributed by atoms with Crippen LogP contribution < -0.4 is 19.1 Å². The number of nitrogens with one attached hydrogen (secondary N) is 1. The minimum atomic E-state index is -3.79. The van der Waals surface area contributed by atoms with E-state index >= 15 is 0 Å². The van der Waals surface area contributed by atoms with Crippen LogP contribution >= 0.6 is 0 Å². The summed E-state index contributed by atoms with van der Waals surface area (Å²) in [6.07, 6.45) is 0. The van der Waals surface area contributed by atoms with Crippen molar-refractivity contribution in [3.63, 3.8) is 0 Å². The average Bonchev–Trinajstić information content (AvgIpc) is 3.40. The van der Waals surface area contributed by atoms with Crippen molar-refractivity contribution in [2.45, 2.75) is 18.0 Å². The first-order valence-corrected chi connectivity index (χ1v) is 12.8.